The van der Waals surface area contributed by atoms with Gasteiger partial charge < -0.3 is 9.30 Å². The first-order valence-corrected chi connectivity index (χ1v) is 6.02. The van der Waals surface area contributed by atoms with Crippen LogP contribution >= 0.6 is 12.2 Å². The lowest BCUT2D eigenvalue weighted by Gasteiger charge is -2.11. The normalized spacial score (nSPS) is 26.0. The van der Waals surface area contributed by atoms with Crippen molar-refractivity contribution in [2.75, 3.05) is 6.61 Å². The summed E-state index contributed by atoms with van der Waals surface area (Å²) in [6.45, 7) is 1.77. The summed E-state index contributed by atoms with van der Waals surface area (Å²) in [6, 6.07) is 0. The van der Waals surface area contributed by atoms with E-state index < -0.39 is 0 Å². The molecule has 0 radical (unpaired) electrons. The Balaban J connectivity index is 1.82. The zero-order chi connectivity index (χ0) is 10.3. The third-order valence-corrected chi connectivity index (χ3v) is 3.45. The fourth-order valence-electron chi connectivity index (χ4n) is 2.15. The van der Waals surface area contributed by atoms with E-state index in [-0.39, 0.29) is 0 Å². The van der Waals surface area contributed by atoms with Crippen molar-refractivity contribution in [1.29, 1.82) is 0 Å². The van der Waals surface area contributed by atoms with Crippen LogP contribution in [0.5, 0.6) is 0 Å². The minimum atomic E-state index is 0.340. The van der Waals surface area contributed by atoms with Gasteiger partial charge in [-0.3, -0.25) is 5.10 Å². The molecule has 0 spiro atoms. The summed E-state index contributed by atoms with van der Waals surface area (Å²) in [4.78, 5) is 0. The molecule has 5 heteroatoms. The van der Waals surface area contributed by atoms with Gasteiger partial charge in [0.25, 0.3) is 0 Å². The van der Waals surface area contributed by atoms with E-state index in [1.165, 1.54) is 19.3 Å². The van der Waals surface area contributed by atoms with Gasteiger partial charge >= 0.3 is 0 Å². The second-order valence-corrected chi connectivity index (χ2v) is 4.79. The molecule has 1 aromatic heterocycles. The van der Waals surface area contributed by atoms with Crippen LogP contribution in [0.4, 0.5) is 0 Å². The molecular weight excluding hydrogens is 210 g/mol. The van der Waals surface area contributed by atoms with E-state index in [1.54, 1.807) is 0 Å². The third kappa shape index (κ3) is 1.86. The lowest BCUT2D eigenvalue weighted by atomic mass is 10.2. The SMILES string of the molecule is S=c1[nH]nc(C2CC2)n1CC1CCCO1. The van der Waals surface area contributed by atoms with Crippen LogP contribution in [-0.2, 0) is 11.3 Å². The van der Waals surface area contributed by atoms with Gasteiger partial charge in [0.2, 0.25) is 0 Å². The van der Waals surface area contributed by atoms with Gasteiger partial charge in [-0.15, -0.1) is 0 Å². The van der Waals surface area contributed by atoms with Crippen LogP contribution in [0.25, 0.3) is 0 Å². The number of ether oxygens (including phenoxy) is 1. The van der Waals surface area contributed by atoms with Crippen molar-refractivity contribution in [3.05, 3.63) is 10.6 Å². The summed E-state index contributed by atoms with van der Waals surface area (Å²) in [5, 5.41) is 7.20. The Labute approximate surface area is 93.6 Å². The van der Waals surface area contributed by atoms with Gasteiger partial charge in [0, 0.05) is 12.5 Å². The quantitative estimate of drug-likeness (QED) is 0.800. The van der Waals surface area contributed by atoms with Crippen molar-refractivity contribution in [2.45, 2.75) is 44.2 Å². The topological polar surface area (TPSA) is 42.8 Å². The predicted molar refractivity (Wildman–Crippen MR) is 58.4 cm³/mol. The van der Waals surface area contributed by atoms with E-state index in [2.05, 4.69) is 14.8 Å². The Morgan fingerprint density at radius 1 is 1.47 bits per heavy atom. The van der Waals surface area contributed by atoms with E-state index in [0.717, 1.165) is 30.2 Å². The molecule has 15 heavy (non-hydrogen) atoms. The van der Waals surface area contributed by atoms with E-state index >= 15 is 0 Å². The Morgan fingerprint density at radius 3 is 3.00 bits per heavy atom. The van der Waals surface area contributed by atoms with Crippen molar-refractivity contribution < 1.29 is 4.74 Å². The molecule has 1 aromatic rings. The summed E-state index contributed by atoms with van der Waals surface area (Å²) >= 11 is 5.24. The molecule has 1 aliphatic carbocycles. The van der Waals surface area contributed by atoms with Crippen LogP contribution < -0.4 is 0 Å². The van der Waals surface area contributed by atoms with Crippen LogP contribution in [0, 0.1) is 4.77 Å². The average molecular weight is 225 g/mol. The first-order chi connectivity index (χ1) is 7.34. The fourth-order valence-corrected chi connectivity index (χ4v) is 2.37. The molecule has 1 N–H and O–H groups in total. The highest BCUT2D eigenvalue weighted by atomic mass is 32.1. The minimum Gasteiger partial charge on any atom is -0.376 e. The number of aromatic nitrogens is 3. The monoisotopic (exact) mass is 225 g/mol. The van der Waals surface area contributed by atoms with Gasteiger partial charge in [-0.1, -0.05) is 0 Å². The second-order valence-electron chi connectivity index (χ2n) is 4.41. The minimum absolute atomic E-state index is 0.340. The van der Waals surface area contributed by atoms with Gasteiger partial charge in [0.1, 0.15) is 5.82 Å². The highest BCUT2D eigenvalue weighted by molar-refractivity contribution is 7.71. The second kappa shape index (κ2) is 3.72. The summed E-state index contributed by atoms with van der Waals surface area (Å²) in [7, 11) is 0. The van der Waals surface area contributed by atoms with Crippen LogP contribution in [0.1, 0.15) is 37.4 Å². The largest absolute Gasteiger partial charge is 0.376 e. The maximum Gasteiger partial charge on any atom is 0.195 e. The number of H-pyrrole nitrogens is 1. The van der Waals surface area contributed by atoms with Gasteiger partial charge in [-0.2, -0.15) is 5.10 Å². The molecule has 2 aliphatic rings. The summed E-state index contributed by atoms with van der Waals surface area (Å²) < 4.78 is 8.50. The molecule has 1 unspecified atom stereocenters. The lowest BCUT2D eigenvalue weighted by Crippen LogP contribution is -2.16. The van der Waals surface area contributed by atoms with Crippen molar-refractivity contribution in [2.24, 2.45) is 0 Å². The molecule has 0 aromatic carbocycles. The maximum atomic E-state index is 5.63. The number of rotatable bonds is 3. The first-order valence-electron chi connectivity index (χ1n) is 5.61. The van der Waals surface area contributed by atoms with E-state index in [1.807, 2.05) is 0 Å². The van der Waals surface area contributed by atoms with Gasteiger partial charge in [-0.05, 0) is 37.9 Å². The molecule has 1 saturated heterocycles. The third-order valence-electron chi connectivity index (χ3n) is 3.14. The van der Waals surface area contributed by atoms with Gasteiger partial charge in [0.05, 0.1) is 12.6 Å². The van der Waals surface area contributed by atoms with Crippen molar-refractivity contribution >= 4 is 12.2 Å². The molecule has 3 rings (SSSR count). The predicted octanol–water partition coefficient (Wildman–Crippen LogP) is 2.00. The fraction of sp³-hybridized carbons (Fsp3) is 0.800. The van der Waals surface area contributed by atoms with E-state index in [0.29, 0.717) is 12.0 Å². The Morgan fingerprint density at radius 2 is 2.33 bits per heavy atom. The van der Waals surface area contributed by atoms with E-state index in [4.69, 9.17) is 17.0 Å². The molecule has 1 aliphatic heterocycles. The van der Waals surface area contributed by atoms with E-state index in [9.17, 15) is 0 Å². The molecule has 1 atom stereocenters. The average Bonchev–Trinajstić information content (AvgIpc) is 2.82. The number of hydrogen-bond acceptors (Lipinski definition) is 3. The van der Waals surface area contributed by atoms with Crippen molar-refractivity contribution in [3.8, 4) is 0 Å². The van der Waals surface area contributed by atoms with Crippen molar-refractivity contribution in [1.82, 2.24) is 14.8 Å². The molecule has 82 valence electrons. The van der Waals surface area contributed by atoms with Crippen LogP contribution in [0.2, 0.25) is 0 Å². The summed E-state index contributed by atoms with van der Waals surface area (Å²) in [5.41, 5.74) is 0. The van der Waals surface area contributed by atoms with Crippen LogP contribution in [-0.4, -0.2) is 27.5 Å². The highest BCUT2D eigenvalue weighted by Crippen LogP contribution is 2.39. The smallest absolute Gasteiger partial charge is 0.195 e. The molecule has 0 bridgehead atoms. The summed E-state index contributed by atoms with van der Waals surface area (Å²) in [5.74, 6) is 1.77. The number of hydrogen-bond donors (Lipinski definition) is 1. The summed E-state index contributed by atoms with van der Waals surface area (Å²) in [6.07, 6.45) is 5.17. The Hall–Kier alpha value is -0.680. The molecule has 2 heterocycles. The van der Waals surface area contributed by atoms with Crippen molar-refractivity contribution in [3.63, 3.8) is 0 Å². The number of aromatic amines is 1. The van der Waals surface area contributed by atoms with Crippen LogP contribution in [0.3, 0.4) is 0 Å². The van der Waals surface area contributed by atoms with Gasteiger partial charge in [-0.25, -0.2) is 0 Å². The maximum absolute atomic E-state index is 5.63. The molecular formula is C10H15N3OS. The molecule has 0 amide bonds. The Kier molecular flexibility index (Phi) is 2.36. The zero-order valence-corrected chi connectivity index (χ0v) is 9.42. The first kappa shape index (κ1) is 9.54. The standard InChI is InChI=1S/C10H15N3OS/c15-10-12-11-9(7-3-4-7)13(10)6-8-2-1-5-14-8/h7-8H,1-6H2,(H,12,15). The molecule has 2 fully saturated rings. The van der Waals surface area contributed by atoms with Gasteiger partial charge in [0.15, 0.2) is 4.77 Å². The molecule has 4 nitrogen and oxygen atoms in total. The Bertz CT molecular complexity index is 401. The highest BCUT2D eigenvalue weighted by Gasteiger charge is 2.30. The number of nitrogens with one attached hydrogen (secondary N) is 1. The zero-order valence-electron chi connectivity index (χ0n) is 8.61. The lowest BCUT2D eigenvalue weighted by molar-refractivity contribution is 0.0959. The number of nitrogens with zero attached hydrogens (tertiary/aromatic N) is 2. The van der Waals surface area contributed by atoms with Crippen LogP contribution in [0.15, 0.2) is 0 Å². The molecule has 1 saturated carbocycles.